The van der Waals surface area contributed by atoms with Crippen LogP contribution in [0.15, 0.2) is 71.8 Å². The lowest BCUT2D eigenvalue weighted by Gasteiger charge is -2.22. The van der Waals surface area contributed by atoms with Gasteiger partial charge in [-0.15, -0.1) is 0 Å². The second-order valence-electron chi connectivity index (χ2n) is 7.02. The van der Waals surface area contributed by atoms with Gasteiger partial charge >= 0.3 is 0 Å². The zero-order valence-electron chi connectivity index (χ0n) is 17.0. The summed E-state index contributed by atoms with van der Waals surface area (Å²) in [5, 5.41) is 6.40. The third-order valence-electron chi connectivity index (χ3n) is 5.19. The number of hydrazone groups is 1. The van der Waals surface area contributed by atoms with Gasteiger partial charge in [0.05, 0.1) is 36.6 Å². The summed E-state index contributed by atoms with van der Waals surface area (Å²) in [5.74, 6) is 0.503. The van der Waals surface area contributed by atoms with Crippen molar-refractivity contribution in [3.63, 3.8) is 0 Å². The molecular formula is C24H20ClFN2O3. The first-order chi connectivity index (χ1) is 15.0. The molecule has 0 N–H and O–H groups in total. The molecule has 0 radical (unpaired) electrons. The molecule has 31 heavy (non-hydrogen) atoms. The highest BCUT2D eigenvalue weighted by molar-refractivity contribution is 6.33. The molecule has 0 aliphatic carbocycles. The largest absolute Gasteiger partial charge is 0.493 e. The van der Waals surface area contributed by atoms with Gasteiger partial charge in [0.1, 0.15) is 5.82 Å². The molecule has 3 aromatic carbocycles. The highest BCUT2D eigenvalue weighted by Crippen LogP contribution is 2.36. The average molecular weight is 439 g/mol. The predicted octanol–water partition coefficient (Wildman–Crippen LogP) is 5.49. The van der Waals surface area contributed by atoms with Crippen LogP contribution in [0.3, 0.4) is 0 Å². The molecule has 1 aliphatic heterocycles. The Morgan fingerprint density at radius 2 is 1.74 bits per heavy atom. The van der Waals surface area contributed by atoms with E-state index in [2.05, 4.69) is 5.10 Å². The maximum atomic E-state index is 13.5. The van der Waals surface area contributed by atoms with Gasteiger partial charge in [-0.2, -0.15) is 5.10 Å². The molecule has 0 saturated heterocycles. The lowest BCUT2D eigenvalue weighted by atomic mass is 9.98. The van der Waals surface area contributed by atoms with Crippen LogP contribution in [-0.2, 0) is 0 Å². The van der Waals surface area contributed by atoms with E-state index in [1.807, 2.05) is 12.1 Å². The number of carbonyl (C=O) groups excluding carboxylic acids is 1. The summed E-state index contributed by atoms with van der Waals surface area (Å²) in [7, 11) is 3.13. The first-order valence-electron chi connectivity index (χ1n) is 9.65. The van der Waals surface area contributed by atoms with Gasteiger partial charge in [-0.25, -0.2) is 9.40 Å². The van der Waals surface area contributed by atoms with Crippen molar-refractivity contribution < 1.29 is 18.7 Å². The molecule has 0 bridgehead atoms. The van der Waals surface area contributed by atoms with Crippen LogP contribution in [-0.4, -0.2) is 30.8 Å². The van der Waals surface area contributed by atoms with Gasteiger partial charge in [-0.1, -0.05) is 35.9 Å². The van der Waals surface area contributed by atoms with Crippen LogP contribution in [0.1, 0.15) is 33.9 Å². The molecular weight excluding hydrogens is 419 g/mol. The fourth-order valence-corrected chi connectivity index (χ4v) is 3.81. The van der Waals surface area contributed by atoms with Crippen molar-refractivity contribution >= 4 is 23.2 Å². The number of ether oxygens (including phenoxy) is 2. The number of rotatable bonds is 5. The Morgan fingerprint density at radius 3 is 2.42 bits per heavy atom. The van der Waals surface area contributed by atoms with Gasteiger partial charge < -0.3 is 9.47 Å². The van der Waals surface area contributed by atoms with Gasteiger partial charge in [-0.3, -0.25) is 4.79 Å². The molecule has 158 valence electrons. The van der Waals surface area contributed by atoms with E-state index in [0.717, 1.165) is 11.1 Å². The fraction of sp³-hybridized carbons (Fsp3) is 0.167. The molecule has 0 spiro atoms. The molecule has 1 aliphatic rings. The van der Waals surface area contributed by atoms with Gasteiger partial charge in [-0.05, 0) is 48.0 Å². The van der Waals surface area contributed by atoms with E-state index in [-0.39, 0.29) is 11.7 Å². The number of hydrogen-bond acceptors (Lipinski definition) is 4. The maximum Gasteiger partial charge on any atom is 0.276 e. The van der Waals surface area contributed by atoms with E-state index in [9.17, 15) is 9.18 Å². The number of nitrogens with zero attached hydrogens (tertiary/aromatic N) is 2. The van der Waals surface area contributed by atoms with Crippen LogP contribution in [0.2, 0.25) is 5.02 Å². The van der Waals surface area contributed by atoms with E-state index in [0.29, 0.717) is 34.2 Å². The van der Waals surface area contributed by atoms with Crippen molar-refractivity contribution in [1.29, 1.82) is 0 Å². The monoisotopic (exact) mass is 438 g/mol. The Hall–Kier alpha value is -3.38. The highest BCUT2D eigenvalue weighted by atomic mass is 35.5. The zero-order valence-corrected chi connectivity index (χ0v) is 17.8. The molecule has 0 unspecified atom stereocenters. The lowest BCUT2D eigenvalue weighted by molar-refractivity contribution is 0.0711. The second kappa shape index (κ2) is 8.78. The summed E-state index contributed by atoms with van der Waals surface area (Å²) in [6.07, 6.45) is 0.456. The zero-order chi connectivity index (χ0) is 22.0. The fourth-order valence-electron chi connectivity index (χ4n) is 3.59. The third kappa shape index (κ3) is 4.11. The SMILES string of the molecule is COc1ccc(C2=NN(C(=O)c3ccccc3Cl)[C@H](c3ccc(F)cc3)C2)cc1OC. The summed E-state index contributed by atoms with van der Waals surface area (Å²) in [4.78, 5) is 13.3. The third-order valence-corrected chi connectivity index (χ3v) is 5.52. The summed E-state index contributed by atoms with van der Waals surface area (Å²) in [6.45, 7) is 0. The Morgan fingerprint density at radius 1 is 1.03 bits per heavy atom. The Labute approximate surface area is 184 Å². The van der Waals surface area contributed by atoms with Crippen LogP contribution in [0.4, 0.5) is 4.39 Å². The number of halogens is 2. The summed E-state index contributed by atoms with van der Waals surface area (Å²) >= 11 is 6.26. The predicted molar refractivity (Wildman–Crippen MR) is 117 cm³/mol. The van der Waals surface area contributed by atoms with Crippen LogP contribution in [0.5, 0.6) is 11.5 Å². The summed E-state index contributed by atoms with van der Waals surface area (Å²) in [6, 6.07) is 18.0. The molecule has 7 heteroatoms. The van der Waals surface area contributed by atoms with Crippen molar-refractivity contribution in [3.05, 3.63) is 94.3 Å². The Bertz CT molecular complexity index is 1150. The first-order valence-corrected chi connectivity index (χ1v) is 10.0. The van der Waals surface area contributed by atoms with Crippen LogP contribution >= 0.6 is 11.6 Å². The number of methoxy groups -OCH3 is 2. The van der Waals surface area contributed by atoms with E-state index in [1.165, 1.54) is 17.1 Å². The highest BCUT2D eigenvalue weighted by Gasteiger charge is 2.34. The van der Waals surface area contributed by atoms with E-state index in [4.69, 9.17) is 21.1 Å². The van der Waals surface area contributed by atoms with Crippen LogP contribution in [0.25, 0.3) is 0 Å². The van der Waals surface area contributed by atoms with E-state index in [1.54, 1.807) is 56.7 Å². The minimum atomic E-state index is -0.396. The second-order valence-corrected chi connectivity index (χ2v) is 7.42. The Kier molecular flexibility index (Phi) is 5.91. The van der Waals surface area contributed by atoms with Gasteiger partial charge in [0.25, 0.3) is 5.91 Å². The smallest absolute Gasteiger partial charge is 0.276 e. The van der Waals surface area contributed by atoms with Gasteiger partial charge in [0.15, 0.2) is 11.5 Å². The Balaban J connectivity index is 1.76. The van der Waals surface area contributed by atoms with Crippen molar-refractivity contribution in [2.45, 2.75) is 12.5 Å². The van der Waals surface area contributed by atoms with Crippen molar-refractivity contribution in [2.75, 3.05) is 14.2 Å². The number of carbonyl (C=O) groups is 1. The molecule has 1 atom stereocenters. The number of benzene rings is 3. The average Bonchev–Trinajstić information content (AvgIpc) is 3.24. The molecule has 3 aromatic rings. The van der Waals surface area contributed by atoms with Crippen LogP contribution < -0.4 is 9.47 Å². The molecule has 4 rings (SSSR count). The quantitative estimate of drug-likeness (QED) is 0.529. The molecule has 1 heterocycles. The maximum absolute atomic E-state index is 13.5. The van der Waals surface area contributed by atoms with Gasteiger partial charge in [0, 0.05) is 12.0 Å². The van der Waals surface area contributed by atoms with Crippen molar-refractivity contribution in [1.82, 2.24) is 5.01 Å². The lowest BCUT2D eigenvalue weighted by Crippen LogP contribution is -2.27. The van der Waals surface area contributed by atoms with Crippen molar-refractivity contribution in [3.8, 4) is 11.5 Å². The molecule has 0 fully saturated rings. The molecule has 1 amide bonds. The van der Waals surface area contributed by atoms with Crippen LogP contribution in [0, 0.1) is 5.82 Å². The summed E-state index contributed by atoms with van der Waals surface area (Å²) in [5.41, 5.74) is 2.64. The van der Waals surface area contributed by atoms with Gasteiger partial charge in [0.2, 0.25) is 0 Å². The number of hydrogen-bond donors (Lipinski definition) is 0. The van der Waals surface area contributed by atoms with Crippen molar-refractivity contribution in [2.24, 2.45) is 5.10 Å². The first kappa shape index (κ1) is 20.9. The standard InChI is InChI=1S/C24H20ClFN2O3/c1-30-22-12-9-16(13-23(22)31-2)20-14-21(15-7-10-17(26)11-8-15)28(27-20)24(29)18-5-3-4-6-19(18)25/h3-13,21H,14H2,1-2H3/t21-/m0/s1. The van der Waals surface area contributed by atoms with E-state index < -0.39 is 6.04 Å². The minimum absolute atomic E-state index is 0.324. The summed E-state index contributed by atoms with van der Waals surface area (Å²) < 4.78 is 24.2. The molecule has 5 nitrogen and oxygen atoms in total. The number of amides is 1. The minimum Gasteiger partial charge on any atom is -0.493 e. The topological polar surface area (TPSA) is 51.1 Å². The molecule has 0 aromatic heterocycles. The normalized spacial score (nSPS) is 15.5. The molecule has 0 saturated carbocycles. The van der Waals surface area contributed by atoms with E-state index >= 15 is 0 Å².